The van der Waals surface area contributed by atoms with Crippen LogP contribution in [-0.4, -0.2) is 18.6 Å². The summed E-state index contributed by atoms with van der Waals surface area (Å²) in [6.07, 6.45) is 0. The second-order valence-electron chi connectivity index (χ2n) is 4.39. The molecule has 20 heavy (non-hydrogen) atoms. The minimum Gasteiger partial charge on any atom is -0.435 e. The number of nitrogens with two attached hydrogens (primary N) is 1. The van der Waals surface area contributed by atoms with E-state index in [1.54, 1.807) is 26.0 Å². The molecule has 4 nitrogen and oxygen atoms in total. The summed E-state index contributed by atoms with van der Waals surface area (Å²) in [4.78, 5) is 11.7. The molecule has 0 aliphatic rings. The summed E-state index contributed by atoms with van der Waals surface area (Å²) in [5, 5.41) is 2.73. The van der Waals surface area contributed by atoms with Crippen molar-refractivity contribution in [3.63, 3.8) is 0 Å². The molecule has 0 bridgehead atoms. The van der Waals surface area contributed by atoms with Crippen LogP contribution < -0.4 is 15.8 Å². The number of carbonyl (C=O) groups is 1. The van der Waals surface area contributed by atoms with Crippen LogP contribution in [0.15, 0.2) is 24.3 Å². The number of nitrogens with one attached hydrogen (secondary N) is 1. The third-order valence-corrected chi connectivity index (χ3v) is 2.82. The van der Waals surface area contributed by atoms with E-state index in [4.69, 9.17) is 5.73 Å². The Morgan fingerprint density at radius 1 is 1.30 bits per heavy atom. The van der Waals surface area contributed by atoms with E-state index in [9.17, 15) is 13.6 Å². The molecule has 2 atom stereocenters. The van der Waals surface area contributed by atoms with Crippen LogP contribution in [0.25, 0.3) is 0 Å². The fourth-order valence-electron chi connectivity index (χ4n) is 1.38. The maximum atomic E-state index is 11.9. The number of amides is 1. The van der Waals surface area contributed by atoms with Crippen molar-refractivity contribution in [2.24, 2.45) is 11.7 Å². The SMILES string of the molecule is CC(N)C(C)C(=O)NCc1ccc(OC(F)F)cc1.Cl. The first-order valence-electron chi connectivity index (χ1n) is 5.97. The molecule has 0 radical (unpaired) electrons. The number of hydrogen-bond acceptors (Lipinski definition) is 3. The summed E-state index contributed by atoms with van der Waals surface area (Å²) in [5.41, 5.74) is 6.42. The molecule has 0 heterocycles. The number of alkyl halides is 2. The van der Waals surface area contributed by atoms with Crippen molar-refractivity contribution in [2.75, 3.05) is 0 Å². The number of benzene rings is 1. The van der Waals surface area contributed by atoms with E-state index in [1.807, 2.05) is 0 Å². The lowest BCUT2D eigenvalue weighted by Crippen LogP contribution is -2.38. The Balaban J connectivity index is 0.00000361. The first-order valence-corrected chi connectivity index (χ1v) is 5.97. The minimum absolute atomic E-state index is 0. The Hall–Kier alpha value is -1.40. The van der Waals surface area contributed by atoms with E-state index in [2.05, 4.69) is 10.1 Å². The summed E-state index contributed by atoms with van der Waals surface area (Å²) in [6.45, 7) is 1.00. The lowest BCUT2D eigenvalue weighted by molar-refractivity contribution is -0.125. The molecule has 0 saturated carbocycles. The summed E-state index contributed by atoms with van der Waals surface area (Å²) >= 11 is 0. The van der Waals surface area contributed by atoms with E-state index in [1.165, 1.54) is 12.1 Å². The number of halogens is 3. The quantitative estimate of drug-likeness (QED) is 0.847. The zero-order valence-corrected chi connectivity index (χ0v) is 12.1. The number of carbonyl (C=O) groups excluding carboxylic acids is 1. The van der Waals surface area contributed by atoms with Gasteiger partial charge in [0.05, 0.1) is 0 Å². The van der Waals surface area contributed by atoms with Crippen molar-refractivity contribution in [1.82, 2.24) is 5.32 Å². The summed E-state index contributed by atoms with van der Waals surface area (Å²) < 4.78 is 28.1. The molecule has 1 amide bonds. The minimum atomic E-state index is -2.84. The topological polar surface area (TPSA) is 64.4 Å². The molecule has 3 N–H and O–H groups in total. The zero-order chi connectivity index (χ0) is 14.4. The molecule has 0 saturated heterocycles. The third-order valence-electron chi connectivity index (χ3n) is 2.82. The van der Waals surface area contributed by atoms with Crippen LogP contribution in [0.1, 0.15) is 19.4 Å². The van der Waals surface area contributed by atoms with Gasteiger partial charge >= 0.3 is 6.61 Å². The molecule has 114 valence electrons. The molecule has 1 aromatic rings. The Bertz CT molecular complexity index is 413. The van der Waals surface area contributed by atoms with Crippen molar-refractivity contribution in [3.05, 3.63) is 29.8 Å². The first kappa shape index (κ1) is 18.6. The van der Waals surface area contributed by atoms with Crippen molar-refractivity contribution >= 4 is 18.3 Å². The van der Waals surface area contributed by atoms with Gasteiger partial charge in [-0.15, -0.1) is 12.4 Å². The van der Waals surface area contributed by atoms with Crippen molar-refractivity contribution in [2.45, 2.75) is 33.0 Å². The van der Waals surface area contributed by atoms with Gasteiger partial charge in [-0.05, 0) is 24.6 Å². The molecule has 0 aliphatic carbocycles. The van der Waals surface area contributed by atoms with Crippen LogP contribution in [0.4, 0.5) is 8.78 Å². The standard InChI is InChI=1S/C13H18F2N2O2.ClH/c1-8(9(2)16)12(18)17-7-10-3-5-11(6-4-10)19-13(14)15;/h3-6,8-9,13H,7,16H2,1-2H3,(H,17,18);1H. The lowest BCUT2D eigenvalue weighted by atomic mass is 10.0. The molecule has 1 rings (SSSR count). The van der Waals surface area contributed by atoms with Crippen LogP contribution in [0.5, 0.6) is 5.75 Å². The number of ether oxygens (including phenoxy) is 1. The van der Waals surface area contributed by atoms with Gasteiger partial charge in [-0.2, -0.15) is 8.78 Å². The Kier molecular flexibility index (Phi) is 8.10. The summed E-state index contributed by atoms with van der Waals surface area (Å²) in [5.74, 6) is -0.321. The third kappa shape index (κ3) is 6.16. The average Bonchev–Trinajstić information content (AvgIpc) is 2.35. The molecule has 0 aliphatic heterocycles. The summed E-state index contributed by atoms with van der Waals surface area (Å²) in [7, 11) is 0. The highest BCUT2D eigenvalue weighted by Crippen LogP contribution is 2.14. The monoisotopic (exact) mass is 308 g/mol. The fourth-order valence-corrected chi connectivity index (χ4v) is 1.38. The molecule has 0 fully saturated rings. The molecule has 1 aromatic carbocycles. The fraction of sp³-hybridized carbons (Fsp3) is 0.462. The highest BCUT2D eigenvalue weighted by molar-refractivity contribution is 5.85. The van der Waals surface area contributed by atoms with Crippen molar-refractivity contribution in [1.29, 1.82) is 0 Å². The van der Waals surface area contributed by atoms with Crippen LogP contribution in [-0.2, 0) is 11.3 Å². The van der Waals surface area contributed by atoms with Crippen LogP contribution in [0.3, 0.4) is 0 Å². The van der Waals surface area contributed by atoms with Gasteiger partial charge in [0.15, 0.2) is 0 Å². The van der Waals surface area contributed by atoms with Gasteiger partial charge in [-0.1, -0.05) is 19.1 Å². The second kappa shape index (κ2) is 8.71. The largest absolute Gasteiger partial charge is 0.435 e. The van der Waals surface area contributed by atoms with Gasteiger partial charge in [0.2, 0.25) is 5.91 Å². The van der Waals surface area contributed by atoms with Gasteiger partial charge in [-0.25, -0.2) is 0 Å². The molecule has 0 aromatic heterocycles. The highest BCUT2D eigenvalue weighted by atomic mass is 35.5. The molecule has 7 heteroatoms. The van der Waals surface area contributed by atoms with Gasteiger partial charge in [0.1, 0.15) is 5.75 Å². The van der Waals surface area contributed by atoms with E-state index in [-0.39, 0.29) is 36.0 Å². The zero-order valence-electron chi connectivity index (χ0n) is 11.3. The Morgan fingerprint density at radius 2 is 1.85 bits per heavy atom. The van der Waals surface area contributed by atoms with Gasteiger partial charge in [0, 0.05) is 18.5 Å². The molecule has 0 spiro atoms. The van der Waals surface area contributed by atoms with E-state index >= 15 is 0 Å². The van der Waals surface area contributed by atoms with E-state index in [0.29, 0.717) is 6.54 Å². The first-order chi connectivity index (χ1) is 8.90. The maximum Gasteiger partial charge on any atom is 0.387 e. The van der Waals surface area contributed by atoms with Gasteiger partial charge in [0.25, 0.3) is 0 Å². The van der Waals surface area contributed by atoms with E-state index in [0.717, 1.165) is 5.56 Å². The smallest absolute Gasteiger partial charge is 0.387 e. The van der Waals surface area contributed by atoms with Crippen molar-refractivity contribution in [3.8, 4) is 5.75 Å². The van der Waals surface area contributed by atoms with Crippen LogP contribution in [0.2, 0.25) is 0 Å². The summed E-state index contributed by atoms with van der Waals surface area (Å²) in [6, 6.07) is 5.88. The van der Waals surface area contributed by atoms with Crippen LogP contribution >= 0.6 is 12.4 Å². The lowest BCUT2D eigenvalue weighted by Gasteiger charge is -2.15. The normalized spacial score (nSPS) is 13.3. The molecule has 2 unspecified atom stereocenters. The number of hydrogen-bond donors (Lipinski definition) is 2. The van der Waals surface area contributed by atoms with Gasteiger partial charge < -0.3 is 15.8 Å². The van der Waals surface area contributed by atoms with Gasteiger partial charge in [-0.3, -0.25) is 4.79 Å². The van der Waals surface area contributed by atoms with Crippen LogP contribution in [0, 0.1) is 5.92 Å². The second-order valence-corrected chi connectivity index (χ2v) is 4.39. The van der Waals surface area contributed by atoms with Crippen molar-refractivity contribution < 1.29 is 18.3 Å². The predicted octanol–water partition coefficient (Wildman–Crippen LogP) is 2.31. The average molecular weight is 309 g/mol. The van der Waals surface area contributed by atoms with E-state index < -0.39 is 6.61 Å². The maximum absolute atomic E-state index is 11.9. The predicted molar refractivity (Wildman–Crippen MR) is 75.0 cm³/mol. The Labute approximate surface area is 123 Å². The molecular formula is C13H19ClF2N2O2. The number of rotatable bonds is 6. The highest BCUT2D eigenvalue weighted by Gasteiger charge is 2.16. The Morgan fingerprint density at radius 3 is 2.30 bits per heavy atom. The molecular weight excluding hydrogens is 290 g/mol.